The summed E-state index contributed by atoms with van der Waals surface area (Å²) in [6.45, 7) is 6.68. The molecule has 0 aromatic rings. The maximum absolute atomic E-state index is 12.6. The van der Waals surface area contributed by atoms with Crippen LogP contribution in [0.3, 0.4) is 0 Å². The molecule has 0 aliphatic heterocycles. The molecule has 6 aliphatic rings. The molecule has 0 amide bonds. The van der Waals surface area contributed by atoms with Crippen LogP contribution in [0.5, 0.6) is 0 Å². The minimum atomic E-state index is 0.0361. The van der Waals surface area contributed by atoms with Gasteiger partial charge in [-0.2, -0.15) is 0 Å². The number of carbonyl (C=O) groups is 1. The molecule has 1 heteroatoms. The number of hydrogen-bond acceptors (Lipinski definition) is 1. The molecule has 6 rings (SSSR count). The van der Waals surface area contributed by atoms with E-state index < -0.39 is 0 Å². The van der Waals surface area contributed by atoms with Crippen LogP contribution in [0.4, 0.5) is 0 Å². The monoisotopic (exact) mass is 308 g/mol. The summed E-state index contributed by atoms with van der Waals surface area (Å²) in [6.07, 6.45) is 12.5. The van der Waals surface area contributed by atoms with Crippen molar-refractivity contribution in [3.05, 3.63) is 23.8 Å². The highest BCUT2D eigenvalue weighted by atomic mass is 16.1. The minimum absolute atomic E-state index is 0.0361. The van der Waals surface area contributed by atoms with Crippen LogP contribution in [0.25, 0.3) is 0 Å². The summed E-state index contributed by atoms with van der Waals surface area (Å²) in [5.74, 6) is 5.81. The summed E-state index contributed by atoms with van der Waals surface area (Å²) < 4.78 is 0. The van der Waals surface area contributed by atoms with Crippen LogP contribution in [0.15, 0.2) is 23.8 Å². The van der Waals surface area contributed by atoms with E-state index in [-0.39, 0.29) is 5.41 Å². The molecular weight excluding hydrogens is 280 g/mol. The van der Waals surface area contributed by atoms with Crippen LogP contribution in [0.1, 0.15) is 58.3 Å². The molecule has 23 heavy (non-hydrogen) atoms. The van der Waals surface area contributed by atoms with Crippen molar-refractivity contribution < 1.29 is 4.79 Å². The quantitative estimate of drug-likeness (QED) is 0.580. The average Bonchev–Trinajstić information content (AvgIpc) is 2.88. The molecule has 0 bridgehead atoms. The van der Waals surface area contributed by atoms with E-state index in [4.69, 9.17) is 0 Å². The Hall–Kier alpha value is -0.850. The van der Waals surface area contributed by atoms with Crippen molar-refractivity contribution in [2.45, 2.75) is 58.3 Å². The molecule has 0 radical (unpaired) electrons. The molecule has 0 N–H and O–H groups in total. The third-order valence-corrected chi connectivity index (χ3v) is 9.46. The second-order valence-corrected chi connectivity index (χ2v) is 9.95. The number of fused-ring (bicyclic) bond motifs is 3. The lowest BCUT2D eigenvalue weighted by Gasteiger charge is -2.53. The number of Topliss-reactive ketones (excluding diaryl/α,β-unsaturated/α-hetero) is 1. The van der Waals surface area contributed by atoms with Gasteiger partial charge in [-0.1, -0.05) is 30.7 Å². The predicted octanol–water partition coefficient (Wildman–Crippen LogP) is 4.93. The standard InChI is InChI=1S/C22H28O/c1-12-3-6-17-18-10-13-11-21(2)16(7-8-19(21)23)15-5-4-14(9-12)22(17,18)20(13)15/h4,13,15-18,20H,1,3,5-11H2,2H3/t13-,15?,16?,17+,18?,20?,21-,22+/m0/s1. The Kier molecular flexibility index (Phi) is 2.26. The van der Waals surface area contributed by atoms with Crippen LogP contribution < -0.4 is 0 Å². The van der Waals surface area contributed by atoms with Gasteiger partial charge in [0.25, 0.3) is 0 Å². The lowest BCUT2D eigenvalue weighted by atomic mass is 9.50. The fourth-order valence-electron chi connectivity index (χ4n) is 8.88. The van der Waals surface area contributed by atoms with Crippen molar-refractivity contribution in [2.24, 2.45) is 46.3 Å². The van der Waals surface area contributed by atoms with Crippen molar-refractivity contribution in [3.8, 4) is 0 Å². The number of allylic oxidation sites excluding steroid dienone is 3. The Morgan fingerprint density at radius 3 is 2.87 bits per heavy atom. The molecule has 1 spiro atoms. The van der Waals surface area contributed by atoms with E-state index in [1.165, 1.54) is 50.5 Å². The van der Waals surface area contributed by atoms with Gasteiger partial charge in [0, 0.05) is 17.3 Å². The largest absolute Gasteiger partial charge is 0.299 e. The first-order chi connectivity index (χ1) is 11.1. The normalized spacial score (nSPS) is 58.9. The van der Waals surface area contributed by atoms with Gasteiger partial charge in [0.2, 0.25) is 0 Å². The van der Waals surface area contributed by atoms with E-state index in [1.807, 2.05) is 0 Å². The van der Waals surface area contributed by atoms with Gasteiger partial charge in [0.05, 0.1) is 0 Å². The smallest absolute Gasteiger partial charge is 0.139 e. The maximum Gasteiger partial charge on any atom is 0.139 e. The Morgan fingerprint density at radius 1 is 1.17 bits per heavy atom. The zero-order valence-electron chi connectivity index (χ0n) is 14.3. The van der Waals surface area contributed by atoms with E-state index in [0.717, 1.165) is 36.0 Å². The van der Waals surface area contributed by atoms with Gasteiger partial charge >= 0.3 is 0 Å². The van der Waals surface area contributed by atoms with Crippen molar-refractivity contribution in [1.29, 1.82) is 0 Å². The molecule has 6 aliphatic carbocycles. The SMILES string of the molecule is C=C1CC[C@@H]2C3C[C@H]4C[C@]5(C)C(=O)CCC5C5CC=C(C1)[C@]32C54. The molecule has 0 heterocycles. The first kappa shape index (κ1) is 13.4. The highest BCUT2D eigenvalue weighted by Crippen LogP contribution is 2.84. The molecule has 0 aromatic heterocycles. The van der Waals surface area contributed by atoms with Gasteiger partial charge in [-0.15, -0.1) is 0 Å². The summed E-state index contributed by atoms with van der Waals surface area (Å²) in [7, 11) is 0. The average molecular weight is 308 g/mol. The molecule has 0 saturated heterocycles. The van der Waals surface area contributed by atoms with Crippen molar-refractivity contribution in [3.63, 3.8) is 0 Å². The fraction of sp³-hybridized carbons (Fsp3) is 0.773. The third kappa shape index (κ3) is 1.30. The van der Waals surface area contributed by atoms with Gasteiger partial charge in [-0.3, -0.25) is 4.79 Å². The number of carbonyl (C=O) groups excluding carboxylic acids is 1. The number of hydrogen-bond donors (Lipinski definition) is 0. The molecule has 0 aromatic carbocycles. The van der Waals surface area contributed by atoms with E-state index in [9.17, 15) is 4.79 Å². The molecule has 122 valence electrons. The van der Waals surface area contributed by atoms with Gasteiger partial charge in [-0.05, 0) is 80.5 Å². The zero-order chi connectivity index (χ0) is 15.6. The highest BCUT2D eigenvalue weighted by Gasteiger charge is 2.78. The van der Waals surface area contributed by atoms with E-state index in [0.29, 0.717) is 17.1 Å². The molecule has 5 saturated carbocycles. The minimum Gasteiger partial charge on any atom is -0.299 e. The van der Waals surface area contributed by atoms with Crippen LogP contribution in [-0.4, -0.2) is 5.78 Å². The summed E-state index contributed by atoms with van der Waals surface area (Å²) in [4.78, 5) is 12.6. The van der Waals surface area contributed by atoms with E-state index in [1.54, 1.807) is 5.57 Å². The maximum atomic E-state index is 12.6. The lowest BCUT2D eigenvalue weighted by molar-refractivity contribution is -0.133. The van der Waals surface area contributed by atoms with Gasteiger partial charge in [-0.25, -0.2) is 0 Å². The molecule has 5 fully saturated rings. The number of rotatable bonds is 0. The van der Waals surface area contributed by atoms with Gasteiger partial charge < -0.3 is 0 Å². The van der Waals surface area contributed by atoms with Crippen LogP contribution >= 0.6 is 0 Å². The summed E-state index contributed by atoms with van der Waals surface area (Å²) in [5.41, 5.74) is 3.90. The Balaban J connectivity index is 1.48. The fourth-order valence-corrected chi connectivity index (χ4v) is 8.88. The number of ketones is 1. The highest BCUT2D eigenvalue weighted by molar-refractivity contribution is 5.87. The molecule has 8 atom stereocenters. The topological polar surface area (TPSA) is 17.1 Å². The second-order valence-electron chi connectivity index (χ2n) is 9.95. The summed E-state index contributed by atoms with van der Waals surface area (Å²) in [6, 6.07) is 0. The first-order valence-electron chi connectivity index (χ1n) is 9.96. The van der Waals surface area contributed by atoms with Crippen molar-refractivity contribution in [1.82, 2.24) is 0 Å². The second kappa shape index (κ2) is 3.86. The van der Waals surface area contributed by atoms with Crippen molar-refractivity contribution in [2.75, 3.05) is 0 Å². The summed E-state index contributed by atoms with van der Waals surface area (Å²) >= 11 is 0. The Labute approximate surface area is 139 Å². The van der Waals surface area contributed by atoms with E-state index >= 15 is 0 Å². The first-order valence-corrected chi connectivity index (χ1v) is 9.96. The molecule has 1 nitrogen and oxygen atoms in total. The Morgan fingerprint density at radius 2 is 2.00 bits per heavy atom. The predicted molar refractivity (Wildman–Crippen MR) is 90.6 cm³/mol. The van der Waals surface area contributed by atoms with Crippen LogP contribution in [-0.2, 0) is 4.79 Å². The third-order valence-electron chi connectivity index (χ3n) is 9.46. The van der Waals surface area contributed by atoms with Crippen LogP contribution in [0.2, 0.25) is 0 Å². The molecule has 4 unspecified atom stereocenters. The van der Waals surface area contributed by atoms with Crippen LogP contribution in [0, 0.1) is 46.3 Å². The molecular formula is C22H28O. The van der Waals surface area contributed by atoms with Gasteiger partial charge in [0.1, 0.15) is 5.78 Å². The zero-order valence-corrected chi connectivity index (χ0v) is 14.3. The Bertz CT molecular complexity index is 671. The summed E-state index contributed by atoms with van der Waals surface area (Å²) in [5, 5.41) is 0. The van der Waals surface area contributed by atoms with E-state index in [2.05, 4.69) is 19.6 Å². The lowest BCUT2D eigenvalue weighted by Crippen LogP contribution is -2.49. The van der Waals surface area contributed by atoms with Gasteiger partial charge in [0.15, 0.2) is 0 Å². The van der Waals surface area contributed by atoms with Crippen molar-refractivity contribution >= 4 is 5.78 Å².